The summed E-state index contributed by atoms with van der Waals surface area (Å²) in [5.74, 6) is -2.12. The topological polar surface area (TPSA) is 108 Å². The summed E-state index contributed by atoms with van der Waals surface area (Å²) in [5, 5.41) is 6.91. The molecule has 0 bridgehead atoms. The van der Waals surface area contributed by atoms with Gasteiger partial charge in [-0.2, -0.15) is 13.2 Å². The van der Waals surface area contributed by atoms with Gasteiger partial charge in [0.1, 0.15) is 18.6 Å². The van der Waals surface area contributed by atoms with Gasteiger partial charge in [-0.15, -0.1) is 0 Å². The number of benzene rings is 2. The normalized spacial score (nSPS) is 18.1. The van der Waals surface area contributed by atoms with Gasteiger partial charge < -0.3 is 16.0 Å². The zero-order chi connectivity index (χ0) is 24.2. The molecule has 1 unspecified atom stereocenters. The summed E-state index contributed by atoms with van der Waals surface area (Å²) < 4.78 is 36.6. The fourth-order valence-corrected chi connectivity index (χ4v) is 3.46. The van der Waals surface area contributed by atoms with Crippen LogP contribution < -0.4 is 16.0 Å². The molecule has 0 spiro atoms. The molecule has 0 radical (unpaired) electrons. The predicted molar refractivity (Wildman–Crippen MR) is 112 cm³/mol. The van der Waals surface area contributed by atoms with E-state index in [9.17, 15) is 32.3 Å². The minimum absolute atomic E-state index is 0.0260. The van der Waals surface area contributed by atoms with Gasteiger partial charge in [-0.05, 0) is 36.2 Å². The van der Waals surface area contributed by atoms with E-state index in [0.717, 1.165) is 4.90 Å². The Morgan fingerprint density at radius 3 is 2.24 bits per heavy atom. The molecule has 0 aromatic heterocycles. The molecule has 33 heavy (non-hydrogen) atoms. The molecule has 2 aromatic carbocycles. The van der Waals surface area contributed by atoms with Crippen LogP contribution in [0.1, 0.15) is 29.3 Å². The molecule has 0 aliphatic carbocycles. The Labute approximate surface area is 187 Å². The zero-order valence-corrected chi connectivity index (χ0v) is 17.5. The maximum atomic E-state index is 13.0. The van der Waals surface area contributed by atoms with Crippen LogP contribution in [0.5, 0.6) is 0 Å². The predicted octanol–water partition coefficient (Wildman–Crippen LogP) is 2.77. The van der Waals surface area contributed by atoms with Crippen LogP contribution in [0, 0.1) is 0 Å². The standard InChI is InChI=1S/C22H21F3N4O4/c1-2-21(15-6-4-3-5-7-15)19(32)29(20(33)28-21)12-17(30)27-16-10-8-14(9-11-16)18(31)26-13-22(23,24)25/h3-11H,2,12-13H2,1H3,(H,26,31)(H,27,30)(H,28,33). The number of alkyl halides is 3. The summed E-state index contributed by atoms with van der Waals surface area (Å²) in [7, 11) is 0. The molecule has 1 aliphatic heterocycles. The van der Waals surface area contributed by atoms with E-state index in [1.54, 1.807) is 42.6 Å². The van der Waals surface area contributed by atoms with Crippen molar-refractivity contribution in [2.45, 2.75) is 25.1 Å². The number of anilines is 1. The fraction of sp³-hybridized carbons (Fsp3) is 0.273. The van der Waals surface area contributed by atoms with Crippen molar-refractivity contribution in [3.8, 4) is 0 Å². The van der Waals surface area contributed by atoms with E-state index < -0.39 is 48.6 Å². The number of nitrogens with one attached hydrogen (secondary N) is 3. The Bertz CT molecular complexity index is 1060. The summed E-state index contributed by atoms with van der Waals surface area (Å²) in [6.45, 7) is -0.243. The first-order valence-electron chi connectivity index (χ1n) is 10.0. The lowest BCUT2D eigenvalue weighted by molar-refractivity contribution is -0.134. The van der Waals surface area contributed by atoms with Gasteiger partial charge in [0.25, 0.3) is 11.8 Å². The van der Waals surface area contributed by atoms with Crippen LogP contribution >= 0.6 is 0 Å². The number of carbonyl (C=O) groups is 4. The Hall–Kier alpha value is -3.89. The fourth-order valence-electron chi connectivity index (χ4n) is 3.46. The van der Waals surface area contributed by atoms with E-state index >= 15 is 0 Å². The summed E-state index contributed by atoms with van der Waals surface area (Å²) >= 11 is 0. The van der Waals surface area contributed by atoms with Crippen molar-refractivity contribution in [1.82, 2.24) is 15.5 Å². The molecule has 8 nitrogen and oxygen atoms in total. The molecule has 1 aliphatic rings. The second-order valence-corrected chi connectivity index (χ2v) is 7.37. The molecule has 11 heteroatoms. The first kappa shape index (κ1) is 23.8. The molecule has 1 atom stereocenters. The quantitative estimate of drug-likeness (QED) is 0.550. The van der Waals surface area contributed by atoms with Crippen LogP contribution in [0.2, 0.25) is 0 Å². The van der Waals surface area contributed by atoms with Gasteiger partial charge in [0.2, 0.25) is 5.91 Å². The second kappa shape index (κ2) is 9.31. The van der Waals surface area contributed by atoms with Crippen molar-refractivity contribution in [3.63, 3.8) is 0 Å². The molecule has 3 N–H and O–H groups in total. The third-order valence-corrected chi connectivity index (χ3v) is 5.15. The first-order valence-corrected chi connectivity index (χ1v) is 10.0. The zero-order valence-electron chi connectivity index (χ0n) is 17.5. The van der Waals surface area contributed by atoms with Crippen LogP contribution in [0.4, 0.5) is 23.7 Å². The Morgan fingerprint density at radius 2 is 1.67 bits per heavy atom. The van der Waals surface area contributed by atoms with Crippen molar-refractivity contribution in [1.29, 1.82) is 0 Å². The van der Waals surface area contributed by atoms with Crippen molar-refractivity contribution in [2.75, 3.05) is 18.4 Å². The molecule has 3 rings (SSSR count). The van der Waals surface area contributed by atoms with Gasteiger partial charge in [-0.25, -0.2) is 4.79 Å². The van der Waals surface area contributed by atoms with Crippen LogP contribution in [0.15, 0.2) is 54.6 Å². The first-order chi connectivity index (χ1) is 15.6. The van der Waals surface area contributed by atoms with Gasteiger partial charge >= 0.3 is 12.2 Å². The number of hydrogen-bond donors (Lipinski definition) is 3. The van der Waals surface area contributed by atoms with E-state index in [-0.39, 0.29) is 17.7 Å². The minimum Gasteiger partial charge on any atom is -0.343 e. The lowest BCUT2D eigenvalue weighted by Gasteiger charge is -2.25. The summed E-state index contributed by atoms with van der Waals surface area (Å²) in [4.78, 5) is 50.5. The molecular weight excluding hydrogens is 441 g/mol. The number of halogens is 3. The van der Waals surface area contributed by atoms with Crippen molar-refractivity contribution < 1.29 is 32.3 Å². The van der Waals surface area contributed by atoms with Crippen LogP contribution in [0.3, 0.4) is 0 Å². The summed E-state index contributed by atoms with van der Waals surface area (Å²) in [5.41, 5.74) is -0.441. The van der Waals surface area contributed by atoms with Crippen molar-refractivity contribution in [3.05, 3.63) is 65.7 Å². The van der Waals surface area contributed by atoms with E-state index in [2.05, 4.69) is 10.6 Å². The maximum absolute atomic E-state index is 13.0. The summed E-state index contributed by atoms with van der Waals surface area (Å²) in [6, 6.07) is 13.2. The molecular formula is C22H21F3N4O4. The largest absolute Gasteiger partial charge is 0.405 e. The molecule has 2 aromatic rings. The second-order valence-electron chi connectivity index (χ2n) is 7.37. The highest BCUT2D eigenvalue weighted by Gasteiger charge is 2.51. The van der Waals surface area contributed by atoms with E-state index in [4.69, 9.17) is 0 Å². The van der Waals surface area contributed by atoms with Gasteiger partial charge in [0.15, 0.2) is 0 Å². The highest BCUT2D eigenvalue weighted by atomic mass is 19.4. The molecule has 1 fully saturated rings. The van der Waals surface area contributed by atoms with Crippen molar-refractivity contribution in [2.24, 2.45) is 0 Å². The van der Waals surface area contributed by atoms with E-state index in [0.29, 0.717) is 5.56 Å². The number of imide groups is 1. The number of urea groups is 1. The molecule has 5 amide bonds. The molecule has 0 saturated carbocycles. The number of carbonyl (C=O) groups excluding carboxylic acids is 4. The Kier molecular flexibility index (Phi) is 6.70. The molecule has 174 valence electrons. The average molecular weight is 462 g/mol. The lowest BCUT2D eigenvalue weighted by Crippen LogP contribution is -2.44. The maximum Gasteiger partial charge on any atom is 0.405 e. The monoisotopic (exact) mass is 462 g/mol. The smallest absolute Gasteiger partial charge is 0.343 e. The van der Waals surface area contributed by atoms with Crippen LogP contribution in [-0.4, -0.2) is 47.9 Å². The molecule has 1 saturated heterocycles. The summed E-state index contributed by atoms with van der Waals surface area (Å²) in [6.07, 6.45) is -4.24. The lowest BCUT2D eigenvalue weighted by atomic mass is 9.87. The highest BCUT2D eigenvalue weighted by molar-refractivity contribution is 6.10. The van der Waals surface area contributed by atoms with Crippen LogP contribution in [-0.2, 0) is 15.1 Å². The third kappa shape index (κ3) is 5.30. The highest BCUT2D eigenvalue weighted by Crippen LogP contribution is 2.32. The number of hydrogen-bond acceptors (Lipinski definition) is 4. The average Bonchev–Trinajstić information content (AvgIpc) is 3.03. The van der Waals surface area contributed by atoms with E-state index in [1.807, 2.05) is 0 Å². The number of amides is 5. The Balaban J connectivity index is 1.63. The third-order valence-electron chi connectivity index (χ3n) is 5.15. The van der Waals surface area contributed by atoms with Gasteiger partial charge in [-0.1, -0.05) is 37.3 Å². The van der Waals surface area contributed by atoms with Crippen molar-refractivity contribution >= 4 is 29.4 Å². The number of rotatable bonds is 7. The SMILES string of the molecule is CCC1(c2ccccc2)NC(=O)N(CC(=O)Nc2ccc(C(=O)NCC(F)(F)F)cc2)C1=O. The minimum atomic E-state index is -4.53. The number of nitrogens with zero attached hydrogens (tertiary/aromatic N) is 1. The van der Waals surface area contributed by atoms with Gasteiger partial charge in [0, 0.05) is 11.3 Å². The van der Waals surface area contributed by atoms with Crippen LogP contribution in [0.25, 0.3) is 0 Å². The molecule has 1 heterocycles. The Morgan fingerprint density at radius 1 is 1.03 bits per heavy atom. The van der Waals surface area contributed by atoms with Gasteiger partial charge in [-0.3, -0.25) is 19.3 Å². The van der Waals surface area contributed by atoms with Gasteiger partial charge in [0.05, 0.1) is 0 Å². The van der Waals surface area contributed by atoms with E-state index in [1.165, 1.54) is 24.3 Å².